The summed E-state index contributed by atoms with van der Waals surface area (Å²) in [6.07, 6.45) is 1.66. The van der Waals surface area contributed by atoms with Gasteiger partial charge in [-0.1, -0.05) is 34.1 Å². The standard InChI is InChI=1S/C23H38O7/c1-13-12-15(28-14(2)24)16-20(3,4)8-7-9-21(16,5)23(13)11-10-22(26)17(25)18(27-6)29-19(22)30-23/h13,15-19,25-26H,7-12H2,1-6H3/t13-,15-,16+,17-,18-,19-,21+,22-,23-/m0/s1. The first-order valence-corrected chi connectivity index (χ1v) is 11.3. The lowest BCUT2D eigenvalue weighted by atomic mass is 9.42. The van der Waals surface area contributed by atoms with Crippen molar-refractivity contribution >= 4 is 5.97 Å². The Morgan fingerprint density at radius 3 is 2.47 bits per heavy atom. The number of aliphatic hydroxyl groups is 2. The van der Waals surface area contributed by atoms with Crippen LogP contribution in [0.1, 0.15) is 73.1 Å². The van der Waals surface area contributed by atoms with Gasteiger partial charge in [0.1, 0.15) is 17.8 Å². The van der Waals surface area contributed by atoms with Crippen LogP contribution in [-0.2, 0) is 23.7 Å². The number of ether oxygens (including phenoxy) is 4. The number of methoxy groups -OCH3 is 1. The van der Waals surface area contributed by atoms with E-state index in [2.05, 4.69) is 27.7 Å². The van der Waals surface area contributed by atoms with E-state index >= 15 is 0 Å². The van der Waals surface area contributed by atoms with Crippen molar-refractivity contribution < 1.29 is 34.0 Å². The lowest BCUT2D eigenvalue weighted by Crippen LogP contribution is -2.71. The van der Waals surface area contributed by atoms with E-state index in [1.54, 1.807) is 0 Å². The van der Waals surface area contributed by atoms with Gasteiger partial charge in [0.05, 0.1) is 5.60 Å². The monoisotopic (exact) mass is 426 g/mol. The minimum atomic E-state index is -1.48. The number of hydrogen-bond acceptors (Lipinski definition) is 7. The Balaban J connectivity index is 1.74. The first-order valence-electron chi connectivity index (χ1n) is 11.3. The molecule has 4 rings (SSSR count). The Bertz CT molecular complexity index is 695. The van der Waals surface area contributed by atoms with Gasteiger partial charge >= 0.3 is 5.97 Å². The summed E-state index contributed by atoms with van der Waals surface area (Å²) in [4.78, 5) is 11.9. The van der Waals surface area contributed by atoms with Gasteiger partial charge in [-0.05, 0) is 43.4 Å². The molecule has 0 aromatic carbocycles. The zero-order chi connectivity index (χ0) is 22.1. The second-order valence-electron chi connectivity index (χ2n) is 11.0. The van der Waals surface area contributed by atoms with Crippen LogP contribution in [0.4, 0.5) is 0 Å². The Hall–Kier alpha value is -0.730. The molecule has 9 atom stereocenters. The quantitative estimate of drug-likeness (QED) is 0.656. The molecule has 0 aromatic heterocycles. The number of hydrogen-bond donors (Lipinski definition) is 2. The molecule has 2 saturated heterocycles. The van der Waals surface area contributed by atoms with E-state index in [0.29, 0.717) is 19.3 Å². The fourth-order valence-corrected chi connectivity index (χ4v) is 7.73. The van der Waals surface area contributed by atoms with Gasteiger partial charge in [0.25, 0.3) is 0 Å². The van der Waals surface area contributed by atoms with Crippen LogP contribution >= 0.6 is 0 Å². The molecule has 0 radical (unpaired) electrons. The van der Waals surface area contributed by atoms with Crippen LogP contribution in [0.2, 0.25) is 0 Å². The van der Waals surface area contributed by atoms with Crippen molar-refractivity contribution in [2.45, 2.75) is 109 Å². The second-order valence-corrected chi connectivity index (χ2v) is 11.0. The molecular formula is C23H38O7. The summed E-state index contributed by atoms with van der Waals surface area (Å²) < 4.78 is 23.7. The smallest absolute Gasteiger partial charge is 0.302 e. The van der Waals surface area contributed by atoms with Crippen LogP contribution in [0.15, 0.2) is 0 Å². The third-order valence-electron chi connectivity index (χ3n) is 8.97. The fourth-order valence-electron chi connectivity index (χ4n) is 7.73. The van der Waals surface area contributed by atoms with Crippen LogP contribution in [0, 0.1) is 22.7 Å². The highest BCUT2D eigenvalue weighted by atomic mass is 16.8. The topological polar surface area (TPSA) is 94.5 Å². The molecule has 4 fully saturated rings. The van der Waals surface area contributed by atoms with Crippen LogP contribution in [0.3, 0.4) is 0 Å². The van der Waals surface area contributed by atoms with E-state index in [4.69, 9.17) is 18.9 Å². The van der Waals surface area contributed by atoms with E-state index in [0.717, 1.165) is 19.3 Å². The molecule has 2 aliphatic heterocycles. The van der Waals surface area contributed by atoms with Gasteiger partial charge in [-0.3, -0.25) is 4.79 Å². The summed E-state index contributed by atoms with van der Waals surface area (Å²) in [6, 6.07) is 0. The normalized spacial score (nSPS) is 52.5. The Kier molecular flexibility index (Phi) is 5.34. The van der Waals surface area contributed by atoms with Crippen molar-refractivity contribution in [1.82, 2.24) is 0 Å². The maximum Gasteiger partial charge on any atom is 0.302 e. The van der Waals surface area contributed by atoms with E-state index in [9.17, 15) is 15.0 Å². The molecule has 2 aliphatic carbocycles. The van der Waals surface area contributed by atoms with Gasteiger partial charge < -0.3 is 29.2 Å². The van der Waals surface area contributed by atoms with Crippen LogP contribution in [0.25, 0.3) is 0 Å². The van der Waals surface area contributed by atoms with Crippen molar-refractivity contribution in [2.24, 2.45) is 22.7 Å². The molecular weight excluding hydrogens is 388 g/mol. The SMILES string of the molecule is CO[C@H]1O[C@H]2O[C@@]3(CC[C@]2(O)[C@H]1O)[C@@H](C)C[C@H](OC(C)=O)[C@@H]1C(C)(C)CCC[C@]13C. The van der Waals surface area contributed by atoms with Crippen molar-refractivity contribution in [1.29, 1.82) is 0 Å². The molecule has 2 saturated carbocycles. The number of esters is 1. The average molecular weight is 427 g/mol. The zero-order valence-corrected chi connectivity index (χ0v) is 19.1. The molecule has 7 heteroatoms. The summed E-state index contributed by atoms with van der Waals surface area (Å²) in [5, 5.41) is 21.8. The number of carbonyl (C=O) groups is 1. The minimum absolute atomic E-state index is 0.0114. The molecule has 0 amide bonds. The van der Waals surface area contributed by atoms with Gasteiger partial charge in [-0.2, -0.15) is 0 Å². The van der Waals surface area contributed by atoms with Crippen molar-refractivity contribution in [2.75, 3.05) is 7.11 Å². The van der Waals surface area contributed by atoms with Gasteiger partial charge in [-0.15, -0.1) is 0 Å². The number of aliphatic hydroxyl groups excluding tert-OH is 1. The Morgan fingerprint density at radius 1 is 1.13 bits per heavy atom. The zero-order valence-electron chi connectivity index (χ0n) is 19.1. The molecule has 0 bridgehead atoms. The van der Waals surface area contributed by atoms with Gasteiger partial charge in [0.15, 0.2) is 12.6 Å². The van der Waals surface area contributed by atoms with Crippen LogP contribution in [0.5, 0.6) is 0 Å². The predicted molar refractivity (Wildman–Crippen MR) is 108 cm³/mol. The summed E-state index contributed by atoms with van der Waals surface area (Å²) in [5.41, 5.74) is -2.28. The highest BCUT2D eigenvalue weighted by molar-refractivity contribution is 5.66. The average Bonchev–Trinajstić information content (AvgIpc) is 2.89. The van der Waals surface area contributed by atoms with Gasteiger partial charge in [0, 0.05) is 25.4 Å². The summed E-state index contributed by atoms with van der Waals surface area (Å²) in [6.45, 7) is 10.5. The van der Waals surface area contributed by atoms with E-state index in [1.807, 2.05) is 0 Å². The second kappa shape index (κ2) is 7.14. The molecule has 2 heterocycles. The molecule has 2 N–H and O–H groups in total. The van der Waals surface area contributed by atoms with Crippen molar-refractivity contribution in [3.63, 3.8) is 0 Å². The van der Waals surface area contributed by atoms with E-state index < -0.39 is 29.9 Å². The van der Waals surface area contributed by atoms with Crippen molar-refractivity contribution in [3.8, 4) is 0 Å². The maximum absolute atomic E-state index is 11.9. The molecule has 4 aliphatic rings. The number of rotatable bonds is 2. The predicted octanol–water partition coefficient (Wildman–Crippen LogP) is 2.76. The molecule has 172 valence electrons. The molecule has 0 unspecified atom stereocenters. The third kappa shape index (κ3) is 2.92. The first kappa shape index (κ1) is 22.5. The molecule has 0 aromatic rings. The maximum atomic E-state index is 11.9. The highest BCUT2D eigenvalue weighted by Crippen LogP contribution is 2.67. The van der Waals surface area contributed by atoms with Gasteiger partial charge in [0.2, 0.25) is 0 Å². The van der Waals surface area contributed by atoms with Crippen LogP contribution < -0.4 is 0 Å². The minimum Gasteiger partial charge on any atom is -0.462 e. The molecule has 30 heavy (non-hydrogen) atoms. The molecule has 7 nitrogen and oxygen atoms in total. The first-order chi connectivity index (χ1) is 13.9. The van der Waals surface area contributed by atoms with Crippen molar-refractivity contribution in [3.05, 3.63) is 0 Å². The van der Waals surface area contributed by atoms with E-state index in [1.165, 1.54) is 14.0 Å². The number of carbonyl (C=O) groups excluding carboxylic acids is 1. The highest BCUT2D eigenvalue weighted by Gasteiger charge is 2.71. The lowest BCUT2D eigenvalue weighted by molar-refractivity contribution is -0.362. The summed E-state index contributed by atoms with van der Waals surface area (Å²) in [7, 11) is 1.46. The Morgan fingerprint density at radius 2 is 1.83 bits per heavy atom. The molecule has 1 spiro atoms. The van der Waals surface area contributed by atoms with E-state index in [-0.39, 0.29) is 34.7 Å². The van der Waals surface area contributed by atoms with Gasteiger partial charge in [-0.25, -0.2) is 0 Å². The fraction of sp³-hybridized carbons (Fsp3) is 0.957. The third-order valence-corrected chi connectivity index (χ3v) is 8.97. The largest absolute Gasteiger partial charge is 0.462 e. The van der Waals surface area contributed by atoms with Crippen LogP contribution in [-0.4, -0.2) is 59.3 Å². The summed E-state index contributed by atoms with van der Waals surface area (Å²) >= 11 is 0. The number of fused-ring (bicyclic) bond motifs is 3. The summed E-state index contributed by atoms with van der Waals surface area (Å²) in [5.74, 6) is -0.00512. The lowest BCUT2D eigenvalue weighted by Gasteiger charge is -2.68. The Labute approximate surface area is 179 Å².